The number of piperidine rings is 1. The Morgan fingerprint density at radius 3 is 2.71 bits per heavy atom. The lowest BCUT2D eigenvalue weighted by molar-refractivity contribution is -0.112. The fraction of sp³-hybridized carbons (Fsp3) is 0.342. The molecule has 2 aromatic carbocycles. The summed E-state index contributed by atoms with van der Waals surface area (Å²) in [5, 5.41) is 27.1. The van der Waals surface area contributed by atoms with Gasteiger partial charge in [-0.3, -0.25) is 14.8 Å². The van der Waals surface area contributed by atoms with Crippen molar-refractivity contribution in [2.45, 2.75) is 58.8 Å². The number of aromatic nitrogens is 2. The number of benzene rings is 2. The molecule has 0 aliphatic carbocycles. The van der Waals surface area contributed by atoms with Crippen LogP contribution in [0.4, 0.5) is 21.9 Å². The molecule has 2 unspecified atom stereocenters. The maximum atomic E-state index is 13.6. The molecule has 2 atom stereocenters. The third-order valence-electron chi connectivity index (χ3n) is 8.92. The monoisotopic (exact) mass is 710 g/mol. The molecule has 4 heterocycles. The van der Waals surface area contributed by atoms with Gasteiger partial charge in [-0.15, -0.1) is 0 Å². The standard InChI is InChI=1S/C38H39ClN6O6/c1-38(2,3)34-14-23(9-12-45(34)37(47)48)15-35(46)44-31-17-28-30(18-33(31)51-27-10-13-49-22-27)42-20-24(19-40)36(28)43-25-7-8-32(29(39)16-25)50-21-26-6-4-5-11-41-26/h4-8,11,15-18,20,27,34H,9-10,12-14,21-22H2,1-3H3,(H,42,43)(H,44,46)(H,47,48). The molecule has 264 valence electrons. The van der Waals surface area contributed by atoms with Crippen LogP contribution in [0.15, 0.2) is 72.6 Å². The van der Waals surface area contributed by atoms with Crippen molar-refractivity contribution in [2.75, 3.05) is 30.4 Å². The second-order valence-electron chi connectivity index (χ2n) is 13.6. The van der Waals surface area contributed by atoms with E-state index in [-0.39, 0.29) is 35.6 Å². The van der Waals surface area contributed by atoms with Crippen LogP contribution in [0.25, 0.3) is 10.9 Å². The summed E-state index contributed by atoms with van der Waals surface area (Å²) in [6.45, 7) is 7.54. The largest absolute Gasteiger partial charge is 0.486 e. The van der Waals surface area contributed by atoms with Crippen molar-refractivity contribution >= 4 is 51.6 Å². The predicted octanol–water partition coefficient (Wildman–Crippen LogP) is 7.70. The zero-order valence-corrected chi connectivity index (χ0v) is 29.4. The van der Waals surface area contributed by atoms with E-state index in [1.807, 2.05) is 39.0 Å². The Bertz CT molecular complexity index is 2000. The predicted molar refractivity (Wildman–Crippen MR) is 194 cm³/mol. The number of nitrogens with zero attached hydrogens (tertiary/aromatic N) is 4. The van der Waals surface area contributed by atoms with E-state index in [2.05, 4.69) is 26.7 Å². The zero-order valence-electron chi connectivity index (χ0n) is 28.6. The lowest BCUT2D eigenvalue weighted by atomic mass is 9.79. The Hall–Kier alpha value is -5.38. The number of pyridine rings is 2. The number of halogens is 1. The molecule has 51 heavy (non-hydrogen) atoms. The Morgan fingerprint density at radius 2 is 2.02 bits per heavy atom. The van der Waals surface area contributed by atoms with Crippen LogP contribution in [0.2, 0.25) is 5.02 Å². The van der Waals surface area contributed by atoms with Gasteiger partial charge in [-0.2, -0.15) is 5.26 Å². The van der Waals surface area contributed by atoms with Gasteiger partial charge in [0.05, 0.1) is 46.4 Å². The maximum Gasteiger partial charge on any atom is 0.407 e. The van der Waals surface area contributed by atoms with Crippen LogP contribution in [-0.2, 0) is 16.1 Å². The van der Waals surface area contributed by atoms with Gasteiger partial charge in [0.25, 0.3) is 0 Å². The zero-order chi connectivity index (χ0) is 36.1. The van der Waals surface area contributed by atoms with Gasteiger partial charge in [0.2, 0.25) is 5.91 Å². The van der Waals surface area contributed by atoms with Crippen molar-refractivity contribution in [1.29, 1.82) is 5.26 Å². The molecule has 2 aliphatic rings. The van der Waals surface area contributed by atoms with E-state index in [1.165, 1.54) is 11.1 Å². The van der Waals surface area contributed by atoms with Gasteiger partial charge in [-0.1, -0.05) is 44.0 Å². The molecule has 0 saturated carbocycles. The van der Waals surface area contributed by atoms with E-state index in [0.717, 1.165) is 11.3 Å². The van der Waals surface area contributed by atoms with E-state index >= 15 is 0 Å². The van der Waals surface area contributed by atoms with Crippen LogP contribution in [0.5, 0.6) is 11.5 Å². The van der Waals surface area contributed by atoms with E-state index < -0.39 is 6.09 Å². The summed E-state index contributed by atoms with van der Waals surface area (Å²) in [7, 11) is 0. The molecule has 2 saturated heterocycles. The number of carboxylic acid groups (broad SMARTS) is 1. The summed E-state index contributed by atoms with van der Waals surface area (Å²) in [5.41, 5.74) is 3.59. The summed E-state index contributed by atoms with van der Waals surface area (Å²) in [4.78, 5) is 35.8. The fourth-order valence-electron chi connectivity index (χ4n) is 6.26. The molecule has 0 radical (unpaired) electrons. The fourth-order valence-corrected chi connectivity index (χ4v) is 6.50. The van der Waals surface area contributed by atoms with Crippen molar-refractivity contribution in [3.05, 3.63) is 88.9 Å². The third-order valence-corrected chi connectivity index (χ3v) is 9.21. The average Bonchev–Trinajstić information content (AvgIpc) is 3.61. The quantitative estimate of drug-likeness (QED) is 0.147. The molecule has 3 N–H and O–H groups in total. The first-order valence-electron chi connectivity index (χ1n) is 16.7. The molecular formula is C38H39ClN6O6. The number of carbonyl (C=O) groups is 2. The van der Waals surface area contributed by atoms with Crippen LogP contribution in [0.1, 0.15) is 51.3 Å². The minimum absolute atomic E-state index is 0.208. The summed E-state index contributed by atoms with van der Waals surface area (Å²) in [6, 6.07) is 16.2. The smallest absolute Gasteiger partial charge is 0.407 e. The van der Waals surface area contributed by atoms with Gasteiger partial charge < -0.3 is 34.9 Å². The topological polar surface area (TPSA) is 159 Å². The molecule has 13 heteroatoms. The second kappa shape index (κ2) is 15.2. The van der Waals surface area contributed by atoms with Crippen molar-refractivity contribution < 1.29 is 28.9 Å². The Labute approximate surface area is 301 Å². The van der Waals surface area contributed by atoms with Gasteiger partial charge in [0, 0.05) is 54.6 Å². The molecule has 2 aliphatic heterocycles. The second-order valence-corrected chi connectivity index (χ2v) is 14.0. The number of carbonyl (C=O) groups excluding carboxylic acids is 1. The van der Waals surface area contributed by atoms with Gasteiger partial charge in [-0.05, 0) is 54.7 Å². The van der Waals surface area contributed by atoms with E-state index in [9.17, 15) is 20.0 Å². The SMILES string of the molecule is CC(C)(C)C1CC(=CC(=O)Nc2cc3c(Nc4ccc(OCc5ccccn5)c(Cl)c4)c(C#N)cnc3cc2OC2CCOC2)CCN1C(=O)O. The molecule has 2 fully saturated rings. The van der Waals surface area contributed by atoms with Crippen LogP contribution in [-0.4, -0.2) is 63.9 Å². The number of nitriles is 1. The molecule has 4 aromatic rings. The van der Waals surface area contributed by atoms with Crippen LogP contribution >= 0.6 is 11.6 Å². The first kappa shape index (κ1) is 35.4. The summed E-state index contributed by atoms with van der Waals surface area (Å²) < 4.78 is 17.7. The first-order chi connectivity index (χ1) is 24.5. The van der Waals surface area contributed by atoms with Gasteiger partial charge in [0.15, 0.2) is 0 Å². The van der Waals surface area contributed by atoms with E-state index in [0.29, 0.717) is 83.5 Å². The number of rotatable bonds is 9. The molecule has 0 bridgehead atoms. The number of anilines is 3. The maximum absolute atomic E-state index is 13.6. The molecule has 2 aromatic heterocycles. The van der Waals surface area contributed by atoms with Gasteiger partial charge >= 0.3 is 6.09 Å². The van der Waals surface area contributed by atoms with Crippen molar-refractivity contribution in [3.8, 4) is 17.6 Å². The highest BCUT2D eigenvalue weighted by Gasteiger charge is 2.37. The molecule has 0 spiro atoms. The van der Waals surface area contributed by atoms with Crippen LogP contribution < -0.4 is 20.1 Å². The first-order valence-corrected chi connectivity index (χ1v) is 17.1. The number of hydrogen-bond donors (Lipinski definition) is 3. The van der Waals surface area contributed by atoms with Gasteiger partial charge in [0.1, 0.15) is 30.3 Å². The molecule has 2 amide bonds. The molecule has 12 nitrogen and oxygen atoms in total. The summed E-state index contributed by atoms with van der Waals surface area (Å²) in [6.07, 6.45) is 5.15. The van der Waals surface area contributed by atoms with Crippen molar-refractivity contribution in [3.63, 3.8) is 0 Å². The number of fused-ring (bicyclic) bond motifs is 1. The highest BCUT2D eigenvalue weighted by Crippen LogP contribution is 2.39. The van der Waals surface area contributed by atoms with E-state index in [4.69, 9.17) is 25.8 Å². The summed E-state index contributed by atoms with van der Waals surface area (Å²) >= 11 is 6.60. The Balaban J connectivity index is 1.30. The normalized spacial score (nSPS) is 18.3. The van der Waals surface area contributed by atoms with Gasteiger partial charge in [-0.25, -0.2) is 4.79 Å². The highest BCUT2D eigenvalue weighted by molar-refractivity contribution is 6.32. The minimum atomic E-state index is -0.964. The lowest BCUT2D eigenvalue weighted by Crippen LogP contribution is -2.50. The Morgan fingerprint density at radius 1 is 1.18 bits per heavy atom. The number of ether oxygens (including phenoxy) is 3. The van der Waals surface area contributed by atoms with Crippen molar-refractivity contribution in [1.82, 2.24) is 14.9 Å². The molecular weight excluding hydrogens is 672 g/mol. The average molecular weight is 711 g/mol. The lowest BCUT2D eigenvalue weighted by Gasteiger charge is -2.42. The van der Waals surface area contributed by atoms with Crippen molar-refractivity contribution in [2.24, 2.45) is 5.41 Å². The minimum Gasteiger partial charge on any atom is -0.486 e. The van der Waals surface area contributed by atoms with Crippen LogP contribution in [0.3, 0.4) is 0 Å². The summed E-state index contributed by atoms with van der Waals surface area (Å²) in [5.74, 6) is 0.520. The molecule has 6 rings (SSSR count). The third kappa shape index (κ3) is 8.51. The highest BCUT2D eigenvalue weighted by atomic mass is 35.5. The number of likely N-dealkylation sites (tertiary alicyclic amines) is 1. The Kier molecular flexibility index (Phi) is 10.6. The van der Waals surface area contributed by atoms with E-state index in [1.54, 1.807) is 42.6 Å². The van der Waals surface area contributed by atoms with Crippen LogP contribution in [0, 0.1) is 16.7 Å². The number of nitrogens with one attached hydrogen (secondary N) is 2. The number of hydrogen-bond acceptors (Lipinski definition) is 9. The number of amides is 2.